The molecule has 2 aromatic carbocycles. The van der Waals surface area contributed by atoms with Crippen molar-refractivity contribution in [1.29, 1.82) is 0 Å². The topological polar surface area (TPSA) is 68.3 Å². The molecule has 1 aromatic heterocycles. The molecule has 3 rings (SSSR count). The van der Waals surface area contributed by atoms with E-state index >= 15 is 0 Å². The van der Waals surface area contributed by atoms with Crippen molar-refractivity contribution < 1.29 is 23.1 Å². The summed E-state index contributed by atoms with van der Waals surface area (Å²) in [6.45, 7) is 1.85. The summed E-state index contributed by atoms with van der Waals surface area (Å²) in [6.07, 6.45) is 0. The van der Waals surface area contributed by atoms with Crippen LogP contribution in [-0.2, 0) is 4.74 Å². The Bertz CT molecular complexity index is 970. The average molecular weight is 388 g/mol. The molecule has 5 nitrogen and oxygen atoms in total. The summed E-state index contributed by atoms with van der Waals surface area (Å²) in [4.78, 5) is 28.9. The van der Waals surface area contributed by atoms with Crippen LogP contribution in [0.5, 0.6) is 0 Å². The second kappa shape index (κ2) is 8.05. The van der Waals surface area contributed by atoms with E-state index in [1.807, 2.05) is 6.07 Å². The molecule has 0 aliphatic carbocycles. The molecule has 1 heterocycles. The van der Waals surface area contributed by atoms with E-state index in [4.69, 9.17) is 4.74 Å². The Morgan fingerprint density at radius 1 is 1.07 bits per heavy atom. The van der Waals surface area contributed by atoms with Gasteiger partial charge in [0.1, 0.15) is 22.1 Å². The lowest BCUT2D eigenvalue weighted by Crippen LogP contribution is -2.15. The molecule has 1 N–H and O–H groups in total. The van der Waals surface area contributed by atoms with E-state index in [0.717, 1.165) is 29.5 Å². The van der Waals surface area contributed by atoms with Crippen LogP contribution in [0.1, 0.15) is 27.0 Å². The van der Waals surface area contributed by atoms with Crippen molar-refractivity contribution in [2.75, 3.05) is 11.9 Å². The van der Waals surface area contributed by atoms with Crippen molar-refractivity contribution >= 4 is 28.3 Å². The number of hydrogen-bond donors (Lipinski definition) is 1. The molecule has 1 amide bonds. The minimum Gasteiger partial charge on any atom is -0.462 e. The standard InChI is InChI=1S/C19H14F2N2O3S/c1-2-26-18(25)16-15(11-7-4-3-5-8-11)22-19(27-16)23-17(24)14-12(20)9-6-10-13(14)21/h3-10H,2H2,1H3,(H,22,23,24). The van der Waals surface area contributed by atoms with Gasteiger partial charge >= 0.3 is 5.97 Å². The van der Waals surface area contributed by atoms with Gasteiger partial charge < -0.3 is 4.74 Å². The predicted molar refractivity (Wildman–Crippen MR) is 97.8 cm³/mol. The lowest BCUT2D eigenvalue weighted by Gasteiger charge is -2.04. The number of nitrogens with zero attached hydrogens (tertiary/aromatic N) is 1. The van der Waals surface area contributed by atoms with E-state index in [9.17, 15) is 18.4 Å². The van der Waals surface area contributed by atoms with Gasteiger partial charge in [-0.1, -0.05) is 47.7 Å². The Hall–Kier alpha value is -3.13. The van der Waals surface area contributed by atoms with Crippen LogP contribution < -0.4 is 5.32 Å². The van der Waals surface area contributed by atoms with Gasteiger partial charge in [-0.15, -0.1) is 0 Å². The number of nitrogens with one attached hydrogen (secondary N) is 1. The third kappa shape index (κ3) is 4.01. The number of halogens is 2. The van der Waals surface area contributed by atoms with Gasteiger partial charge in [0.2, 0.25) is 0 Å². The van der Waals surface area contributed by atoms with Crippen molar-refractivity contribution in [2.24, 2.45) is 0 Å². The Morgan fingerprint density at radius 3 is 2.37 bits per heavy atom. The first-order chi connectivity index (χ1) is 13.0. The van der Waals surface area contributed by atoms with Crippen LogP contribution >= 0.6 is 11.3 Å². The van der Waals surface area contributed by atoms with Crippen molar-refractivity contribution in [2.45, 2.75) is 6.92 Å². The number of rotatable bonds is 5. The highest BCUT2D eigenvalue weighted by Gasteiger charge is 2.23. The fraction of sp³-hybridized carbons (Fsp3) is 0.105. The minimum absolute atomic E-state index is 0.0320. The molecule has 0 aliphatic heterocycles. The third-order valence-corrected chi connectivity index (χ3v) is 4.50. The van der Waals surface area contributed by atoms with Gasteiger partial charge in [0, 0.05) is 5.56 Å². The maximum atomic E-state index is 13.8. The summed E-state index contributed by atoms with van der Waals surface area (Å²) in [5.74, 6) is -3.56. The molecule has 0 aliphatic rings. The second-order valence-corrected chi connectivity index (χ2v) is 6.33. The number of carbonyl (C=O) groups is 2. The molecule has 0 spiro atoms. The zero-order chi connectivity index (χ0) is 19.4. The molecule has 0 bridgehead atoms. The van der Waals surface area contributed by atoms with Gasteiger partial charge in [-0.05, 0) is 19.1 Å². The van der Waals surface area contributed by atoms with Crippen molar-refractivity contribution in [1.82, 2.24) is 4.98 Å². The van der Waals surface area contributed by atoms with Crippen LogP contribution in [0.25, 0.3) is 11.3 Å². The van der Waals surface area contributed by atoms with Gasteiger partial charge in [0.25, 0.3) is 5.91 Å². The van der Waals surface area contributed by atoms with E-state index < -0.39 is 29.1 Å². The normalized spacial score (nSPS) is 10.5. The quantitative estimate of drug-likeness (QED) is 0.653. The number of benzene rings is 2. The van der Waals surface area contributed by atoms with Crippen LogP contribution in [0.4, 0.5) is 13.9 Å². The molecule has 27 heavy (non-hydrogen) atoms. The maximum Gasteiger partial charge on any atom is 0.350 e. The summed E-state index contributed by atoms with van der Waals surface area (Å²) >= 11 is 0.875. The van der Waals surface area contributed by atoms with E-state index in [1.165, 1.54) is 0 Å². The third-order valence-electron chi connectivity index (χ3n) is 3.55. The summed E-state index contributed by atoms with van der Waals surface area (Å²) in [5.41, 5.74) is 0.254. The summed E-state index contributed by atoms with van der Waals surface area (Å²) in [7, 11) is 0. The van der Waals surface area contributed by atoms with E-state index in [1.54, 1.807) is 31.2 Å². The molecule has 138 valence electrons. The maximum absolute atomic E-state index is 13.8. The van der Waals surface area contributed by atoms with Gasteiger partial charge in [-0.2, -0.15) is 0 Å². The number of anilines is 1. The van der Waals surface area contributed by atoms with Crippen molar-refractivity contribution in [3.63, 3.8) is 0 Å². The van der Waals surface area contributed by atoms with Crippen LogP contribution in [0.2, 0.25) is 0 Å². The zero-order valence-corrected chi connectivity index (χ0v) is 15.0. The molecule has 0 unspecified atom stereocenters. The molecule has 0 saturated heterocycles. The molecule has 0 atom stereocenters. The smallest absolute Gasteiger partial charge is 0.350 e. The first kappa shape index (κ1) is 18.7. The average Bonchev–Trinajstić information content (AvgIpc) is 3.06. The number of hydrogen-bond acceptors (Lipinski definition) is 5. The molecule has 0 fully saturated rings. The summed E-state index contributed by atoms with van der Waals surface area (Å²) in [6, 6.07) is 12.0. The number of esters is 1. The van der Waals surface area contributed by atoms with Crippen LogP contribution in [0, 0.1) is 11.6 Å². The fourth-order valence-electron chi connectivity index (χ4n) is 2.37. The number of carbonyl (C=O) groups excluding carboxylic acids is 2. The first-order valence-corrected chi connectivity index (χ1v) is 8.81. The van der Waals surface area contributed by atoms with E-state index in [-0.39, 0.29) is 16.6 Å². The number of aromatic nitrogens is 1. The molecule has 0 radical (unpaired) electrons. The summed E-state index contributed by atoms with van der Waals surface area (Å²) in [5, 5.41) is 2.38. The van der Waals surface area contributed by atoms with Crippen LogP contribution in [-0.4, -0.2) is 23.5 Å². The molecular formula is C19H14F2N2O3S. The van der Waals surface area contributed by atoms with Gasteiger partial charge in [0.15, 0.2) is 5.13 Å². The Kier molecular flexibility index (Phi) is 5.56. The van der Waals surface area contributed by atoms with Crippen LogP contribution in [0.15, 0.2) is 48.5 Å². The predicted octanol–water partition coefficient (Wildman–Crippen LogP) is 4.52. The lowest BCUT2D eigenvalue weighted by molar-refractivity contribution is 0.0532. The van der Waals surface area contributed by atoms with Gasteiger partial charge in [-0.3, -0.25) is 10.1 Å². The Balaban J connectivity index is 1.97. The monoisotopic (exact) mass is 388 g/mol. The van der Waals surface area contributed by atoms with Crippen molar-refractivity contribution in [3.8, 4) is 11.3 Å². The first-order valence-electron chi connectivity index (χ1n) is 8.00. The zero-order valence-electron chi connectivity index (χ0n) is 14.2. The van der Waals surface area contributed by atoms with E-state index in [0.29, 0.717) is 11.3 Å². The van der Waals surface area contributed by atoms with E-state index in [2.05, 4.69) is 10.3 Å². The molecule has 0 saturated carbocycles. The Labute approximate surface area is 157 Å². The molecular weight excluding hydrogens is 374 g/mol. The SMILES string of the molecule is CCOC(=O)c1sc(NC(=O)c2c(F)cccc2F)nc1-c1ccccc1. The highest BCUT2D eigenvalue weighted by Crippen LogP contribution is 2.32. The number of amides is 1. The molecule has 3 aromatic rings. The number of ether oxygens (including phenoxy) is 1. The molecule has 8 heteroatoms. The lowest BCUT2D eigenvalue weighted by atomic mass is 10.1. The van der Waals surface area contributed by atoms with Crippen LogP contribution in [0.3, 0.4) is 0 Å². The minimum atomic E-state index is -0.991. The van der Waals surface area contributed by atoms with Crippen molar-refractivity contribution in [3.05, 3.63) is 70.6 Å². The summed E-state index contributed by atoms with van der Waals surface area (Å²) < 4.78 is 32.6. The highest BCUT2D eigenvalue weighted by molar-refractivity contribution is 7.18. The fourth-order valence-corrected chi connectivity index (χ4v) is 3.25. The Morgan fingerprint density at radius 2 is 1.74 bits per heavy atom. The largest absolute Gasteiger partial charge is 0.462 e. The number of thiazole rings is 1. The highest BCUT2D eigenvalue weighted by atomic mass is 32.1. The van der Waals surface area contributed by atoms with Gasteiger partial charge in [0.05, 0.1) is 12.3 Å². The van der Waals surface area contributed by atoms with Gasteiger partial charge in [-0.25, -0.2) is 18.6 Å². The second-order valence-electron chi connectivity index (χ2n) is 5.33.